The van der Waals surface area contributed by atoms with Crippen molar-refractivity contribution >= 4 is 9.73 Å². The highest BCUT2D eigenvalue weighted by Gasteiger charge is 2.44. The first-order valence-electron chi connectivity index (χ1n) is 21.2. The molecule has 2 heterocycles. The number of rotatable bonds is 31. The van der Waals surface area contributed by atoms with Crippen LogP contribution in [-0.2, 0) is 19.2 Å². The lowest BCUT2D eigenvalue weighted by molar-refractivity contribution is -0.302. The molecule has 6 unspecified atom stereocenters. The molecule has 0 saturated carbocycles. The number of hydrogen-bond donors (Lipinski definition) is 6. The van der Waals surface area contributed by atoms with E-state index in [1.165, 1.54) is 129 Å². The zero-order valence-electron chi connectivity index (χ0n) is 32.6. The van der Waals surface area contributed by atoms with E-state index in [1.54, 1.807) is 6.26 Å². The summed E-state index contributed by atoms with van der Waals surface area (Å²) in [5.41, 5.74) is 0. The molecule has 0 amide bonds. The van der Waals surface area contributed by atoms with E-state index in [0.29, 0.717) is 12.2 Å². The first-order chi connectivity index (χ1) is 24.7. The fourth-order valence-corrected chi connectivity index (χ4v) is 9.17. The van der Waals surface area contributed by atoms with E-state index in [1.807, 2.05) is 0 Å². The van der Waals surface area contributed by atoms with Gasteiger partial charge in [-0.05, 0) is 44.7 Å². The van der Waals surface area contributed by atoms with Crippen molar-refractivity contribution in [1.29, 1.82) is 0 Å². The second-order valence-corrected chi connectivity index (χ2v) is 18.3. The van der Waals surface area contributed by atoms with Gasteiger partial charge >= 0.3 is 0 Å². The summed E-state index contributed by atoms with van der Waals surface area (Å²) < 4.78 is 29.5. The summed E-state index contributed by atoms with van der Waals surface area (Å²) in [6, 6.07) is -0.794. The molecule has 11 heteroatoms. The van der Waals surface area contributed by atoms with Gasteiger partial charge in [0.25, 0.3) is 0 Å². The van der Waals surface area contributed by atoms with Crippen LogP contribution >= 0.6 is 0 Å². The fraction of sp³-hybridized carbons (Fsp3) is 1.00. The molecule has 10 nitrogen and oxygen atoms in total. The standard InChI is InChI=1S/C40H80N2O8S/c1-3-4-5-6-7-8-9-10-11-12-16-19-22-25-35(44)34(32-49-40-39(47)38(46)37(45)36(31-43)50-40)42-51(2,48)30-23-20-17-14-13-15-18-21-24-33-26-28-41-29-27-33/h33-41,43-47H,3-32H2,1-2H3/t34-,35+,36?,37?,38?,39?,40?,51?/m0/s1. The molecule has 0 aromatic rings. The predicted octanol–water partition coefficient (Wildman–Crippen LogP) is 6.62. The number of aliphatic hydroxyl groups excluding tert-OH is 5. The average Bonchev–Trinajstić information content (AvgIpc) is 3.12. The molecule has 2 fully saturated rings. The number of aliphatic hydroxyl groups is 5. The van der Waals surface area contributed by atoms with Gasteiger partial charge in [-0.3, -0.25) is 4.21 Å². The lowest BCUT2D eigenvalue weighted by atomic mass is 9.92. The summed E-state index contributed by atoms with van der Waals surface area (Å²) >= 11 is 0. The molecule has 2 aliphatic rings. The van der Waals surface area contributed by atoms with Gasteiger partial charge in [0, 0.05) is 21.7 Å². The van der Waals surface area contributed by atoms with Crippen LogP contribution < -0.4 is 5.32 Å². The number of unbranched alkanes of at least 4 members (excludes halogenated alkanes) is 19. The van der Waals surface area contributed by atoms with Crippen molar-refractivity contribution in [1.82, 2.24) is 5.32 Å². The molecule has 2 rings (SSSR count). The predicted molar refractivity (Wildman–Crippen MR) is 208 cm³/mol. The van der Waals surface area contributed by atoms with Crippen molar-refractivity contribution in [3.8, 4) is 0 Å². The quantitative estimate of drug-likeness (QED) is 0.0428. The Morgan fingerprint density at radius 3 is 1.80 bits per heavy atom. The molecule has 6 N–H and O–H groups in total. The molecular formula is C40H80N2O8S. The third-order valence-corrected chi connectivity index (χ3v) is 12.8. The second-order valence-electron chi connectivity index (χ2n) is 15.8. The van der Waals surface area contributed by atoms with Crippen LogP contribution in [0.1, 0.15) is 167 Å². The number of hydrogen-bond acceptors (Lipinski definition) is 10. The van der Waals surface area contributed by atoms with Crippen LogP contribution in [0.2, 0.25) is 0 Å². The van der Waals surface area contributed by atoms with E-state index in [9.17, 15) is 29.7 Å². The minimum atomic E-state index is -2.60. The Hall–Kier alpha value is -0.370. The third-order valence-electron chi connectivity index (χ3n) is 11.0. The zero-order chi connectivity index (χ0) is 37.2. The number of nitrogens with one attached hydrogen (secondary N) is 1. The van der Waals surface area contributed by atoms with Crippen LogP contribution in [0.5, 0.6) is 0 Å². The Bertz CT molecular complexity index is 943. The van der Waals surface area contributed by atoms with E-state index in [4.69, 9.17) is 9.47 Å². The normalized spacial score (nSPS) is 25.4. The maximum atomic E-state index is 13.6. The Morgan fingerprint density at radius 1 is 0.745 bits per heavy atom. The number of nitrogens with zero attached hydrogens (tertiary/aromatic N) is 1. The van der Waals surface area contributed by atoms with Gasteiger partial charge in [-0.25, -0.2) is 4.36 Å². The monoisotopic (exact) mass is 749 g/mol. The van der Waals surface area contributed by atoms with Gasteiger partial charge < -0.3 is 40.3 Å². The second kappa shape index (κ2) is 29.0. The molecule has 0 aromatic carbocycles. The average molecular weight is 749 g/mol. The lowest BCUT2D eigenvalue weighted by Crippen LogP contribution is -2.59. The molecular weight excluding hydrogens is 669 g/mol. The SMILES string of the molecule is CCCCCCCCCCCCCCC[C@@H](O)[C@H](COC1OC(CO)C(O)C(O)C1O)N=S(C)(=O)CCCCCCCCCCC1CCNCC1. The van der Waals surface area contributed by atoms with E-state index < -0.39 is 59.2 Å². The summed E-state index contributed by atoms with van der Waals surface area (Å²) in [6.45, 7) is 3.89. The summed E-state index contributed by atoms with van der Waals surface area (Å²) in [6.07, 6.45) is 23.7. The van der Waals surface area contributed by atoms with Crippen molar-refractivity contribution < 1.29 is 39.2 Å². The highest BCUT2D eigenvalue weighted by atomic mass is 32.2. The molecule has 8 atom stereocenters. The largest absolute Gasteiger partial charge is 0.394 e. The zero-order valence-corrected chi connectivity index (χ0v) is 33.5. The molecule has 304 valence electrons. The Labute approximate surface area is 312 Å². The maximum Gasteiger partial charge on any atom is 0.186 e. The van der Waals surface area contributed by atoms with Gasteiger partial charge in [-0.15, -0.1) is 0 Å². The van der Waals surface area contributed by atoms with Crippen LogP contribution in [-0.4, -0.2) is 111 Å². The van der Waals surface area contributed by atoms with Crippen LogP contribution in [0.25, 0.3) is 0 Å². The molecule has 0 spiro atoms. The molecule has 2 saturated heterocycles. The minimum Gasteiger partial charge on any atom is -0.394 e. The summed E-state index contributed by atoms with van der Waals surface area (Å²) in [5, 5.41) is 55.0. The van der Waals surface area contributed by atoms with Gasteiger partial charge in [0.2, 0.25) is 0 Å². The van der Waals surface area contributed by atoms with Crippen molar-refractivity contribution in [3.05, 3.63) is 0 Å². The smallest absolute Gasteiger partial charge is 0.186 e. The first kappa shape index (κ1) is 46.8. The molecule has 0 aliphatic carbocycles. The fourth-order valence-electron chi connectivity index (χ4n) is 7.55. The van der Waals surface area contributed by atoms with Crippen molar-refractivity contribution in [2.45, 2.75) is 210 Å². The van der Waals surface area contributed by atoms with Crippen molar-refractivity contribution in [3.63, 3.8) is 0 Å². The highest BCUT2D eigenvalue weighted by Crippen LogP contribution is 2.24. The van der Waals surface area contributed by atoms with E-state index in [2.05, 4.69) is 16.6 Å². The van der Waals surface area contributed by atoms with E-state index >= 15 is 0 Å². The summed E-state index contributed by atoms with van der Waals surface area (Å²) in [4.78, 5) is 0. The van der Waals surface area contributed by atoms with Gasteiger partial charge in [-0.1, -0.05) is 142 Å². The third kappa shape index (κ3) is 21.3. The topological polar surface area (TPSA) is 161 Å². The lowest BCUT2D eigenvalue weighted by Gasteiger charge is -2.40. The molecule has 2 aliphatic heterocycles. The first-order valence-corrected chi connectivity index (χ1v) is 23.3. The summed E-state index contributed by atoms with van der Waals surface area (Å²) in [5.74, 6) is 1.37. The highest BCUT2D eigenvalue weighted by molar-refractivity contribution is 7.92. The van der Waals surface area contributed by atoms with E-state index in [0.717, 1.165) is 44.4 Å². The Morgan fingerprint density at radius 2 is 1.25 bits per heavy atom. The van der Waals surface area contributed by atoms with Crippen molar-refractivity contribution in [2.24, 2.45) is 10.3 Å². The number of ether oxygens (including phenoxy) is 2. The van der Waals surface area contributed by atoms with E-state index in [-0.39, 0.29) is 6.61 Å². The Balaban J connectivity index is 1.75. The molecule has 0 radical (unpaired) electrons. The van der Waals surface area contributed by atoms with Crippen LogP contribution in [0, 0.1) is 5.92 Å². The Kier molecular flexibility index (Phi) is 26.6. The van der Waals surface area contributed by atoms with Crippen LogP contribution in [0.15, 0.2) is 4.36 Å². The van der Waals surface area contributed by atoms with Gasteiger partial charge in [0.1, 0.15) is 30.5 Å². The van der Waals surface area contributed by atoms with Gasteiger partial charge in [0.05, 0.1) is 19.3 Å². The van der Waals surface area contributed by atoms with Gasteiger partial charge in [0.15, 0.2) is 6.29 Å². The summed E-state index contributed by atoms with van der Waals surface area (Å²) in [7, 11) is -2.60. The van der Waals surface area contributed by atoms with Crippen LogP contribution in [0.4, 0.5) is 0 Å². The van der Waals surface area contributed by atoms with Crippen molar-refractivity contribution in [2.75, 3.05) is 38.3 Å². The molecule has 0 aromatic heterocycles. The molecule has 0 bridgehead atoms. The van der Waals surface area contributed by atoms with Crippen LogP contribution in [0.3, 0.4) is 0 Å². The number of piperidine rings is 1. The maximum absolute atomic E-state index is 13.6. The van der Waals surface area contributed by atoms with Gasteiger partial charge in [-0.2, -0.15) is 0 Å². The molecule has 51 heavy (non-hydrogen) atoms. The minimum absolute atomic E-state index is 0.162.